The maximum atomic E-state index is 11.0. The number of rotatable bonds is 6. The lowest BCUT2D eigenvalue weighted by atomic mass is 10.3. The largest absolute Gasteiger partial charge is 0.466 e. The van der Waals surface area contributed by atoms with E-state index in [1.165, 1.54) is 11.3 Å². The summed E-state index contributed by atoms with van der Waals surface area (Å²) in [6, 6.07) is 0. The molecule has 1 N–H and O–H groups in total. The minimum absolute atomic E-state index is 0.157. The van der Waals surface area contributed by atoms with Gasteiger partial charge in [-0.15, -0.1) is 11.3 Å². The van der Waals surface area contributed by atoms with Gasteiger partial charge in [-0.3, -0.25) is 4.79 Å². The van der Waals surface area contributed by atoms with E-state index in [1.54, 1.807) is 6.92 Å². The molecule has 0 bridgehead atoms. The molecule has 4 nitrogen and oxygen atoms in total. The van der Waals surface area contributed by atoms with Gasteiger partial charge in [-0.1, -0.05) is 11.6 Å². The molecule has 6 heteroatoms. The topological polar surface area (TPSA) is 51.2 Å². The molecular formula is C9H13ClN2O2S. The third kappa shape index (κ3) is 4.99. The van der Waals surface area contributed by atoms with Crippen LogP contribution in [0.4, 0.5) is 5.82 Å². The van der Waals surface area contributed by atoms with Crippen LogP contribution in [0.3, 0.4) is 0 Å². The van der Waals surface area contributed by atoms with Gasteiger partial charge in [0.05, 0.1) is 6.61 Å². The molecule has 0 fully saturated rings. The Morgan fingerprint density at radius 3 is 3.13 bits per heavy atom. The lowest BCUT2D eigenvalue weighted by Gasteiger charge is -2.02. The standard InChI is InChI=1S/C9H13ClN2O2S/c1-2-14-8(13)4-3-5-11-7-6-15-9(10)12-7/h6,11H,2-5H2,1H3. The van der Waals surface area contributed by atoms with E-state index in [2.05, 4.69) is 10.3 Å². The Bertz CT molecular complexity index is 317. The maximum absolute atomic E-state index is 11.0. The molecule has 0 amide bonds. The Balaban J connectivity index is 2.09. The molecule has 0 spiro atoms. The number of halogens is 1. The summed E-state index contributed by atoms with van der Waals surface area (Å²) >= 11 is 7.04. The zero-order valence-electron chi connectivity index (χ0n) is 8.46. The lowest BCUT2D eigenvalue weighted by molar-refractivity contribution is -0.143. The van der Waals surface area contributed by atoms with Gasteiger partial charge in [0.2, 0.25) is 0 Å². The Kier molecular flexibility index (Phi) is 5.42. The molecule has 0 aliphatic rings. The van der Waals surface area contributed by atoms with E-state index < -0.39 is 0 Å². The van der Waals surface area contributed by atoms with Crippen molar-refractivity contribution in [3.8, 4) is 0 Å². The normalized spacial score (nSPS) is 10.0. The van der Waals surface area contributed by atoms with E-state index in [-0.39, 0.29) is 5.97 Å². The molecular weight excluding hydrogens is 236 g/mol. The van der Waals surface area contributed by atoms with Gasteiger partial charge < -0.3 is 10.1 Å². The average Bonchev–Trinajstić information content (AvgIpc) is 2.60. The van der Waals surface area contributed by atoms with Crippen LogP contribution in [0.2, 0.25) is 4.47 Å². The molecule has 1 aromatic rings. The van der Waals surface area contributed by atoms with Crippen molar-refractivity contribution < 1.29 is 9.53 Å². The number of hydrogen-bond acceptors (Lipinski definition) is 5. The summed E-state index contributed by atoms with van der Waals surface area (Å²) in [7, 11) is 0. The molecule has 0 radical (unpaired) electrons. The predicted octanol–water partition coefficient (Wildman–Crippen LogP) is 2.55. The van der Waals surface area contributed by atoms with Crippen LogP contribution in [-0.2, 0) is 9.53 Å². The van der Waals surface area contributed by atoms with Crippen LogP contribution in [0.25, 0.3) is 0 Å². The van der Waals surface area contributed by atoms with Crippen LogP contribution in [-0.4, -0.2) is 24.1 Å². The lowest BCUT2D eigenvalue weighted by Crippen LogP contribution is -2.08. The highest BCUT2D eigenvalue weighted by atomic mass is 35.5. The van der Waals surface area contributed by atoms with Gasteiger partial charge in [0.25, 0.3) is 0 Å². The van der Waals surface area contributed by atoms with E-state index in [1.807, 2.05) is 5.38 Å². The first-order chi connectivity index (χ1) is 7.22. The molecule has 0 atom stereocenters. The number of ether oxygens (including phenoxy) is 1. The smallest absolute Gasteiger partial charge is 0.305 e. The van der Waals surface area contributed by atoms with Crippen LogP contribution in [0.15, 0.2) is 5.38 Å². The second-order valence-corrected chi connectivity index (χ2v) is 4.26. The molecule has 0 unspecified atom stereocenters. The second-order valence-electron chi connectivity index (χ2n) is 2.82. The molecule has 1 heterocycles. The molecule has 0 aliphatic heterocycles. The van der Waals surface area contributed by atoms with Crippen molar-refractivity contribution in [1.82, 2.24) is 4.98 Å². The molecule has 0 saturated carbocycles. The Morgan fingerprint density at radius 2 is 2.53 bits per heavy atom. The SMILES string of the molecule is CCOC(=O)CCCNc1csc(Cl)n1. The van der Waals surface area contributed by atoms with E-state index in [0.717, 1.165) is 12.2 Å². The summed E-state index contributed by atoms with van der Waals surface area (Å²) in [6.45, 7) is 2.93. The zero-order chi connectivity index (χ0) is 11.1. The number of esters is 1. The Morgan fingerprint density at radius 1 is 1.73 bits per heavy atom. The van der Waals surface area contributed by atoms with Gasteiger partial charge in [-0.05, 0) is 13.3 Å². The minimum atomic E-state index is -0.157. The van der Waals surface area contributed by atoms with Crippen LogP contribution in [0.5, 0.6) is 0 Å². The zero-order valence-corrected chi connectivity index (χ0v) is 10.0. The van der Waals surface area contributed by atoms with E-state index in [9.17, 15) is 4.79 Å². The number of hydrogen-bond donors (Lipinski definition) is 1. The number of aromatic nitrogens is 1. The van der Waals surface area contributed by atoms with Crippen molar-refractivity contribution in [3.63, 3.8) is 0 Å². The van der Waals surface area contributed by atoms with E-state index in [0.29, 0.717) is 24.0 Å². The van der Waals surface area contributed by atoms with Crippen molar-refractivity contribution in [1.29, 1.82) is 0 Å². The molecule has 84 valence electrons. The minimum Gasteiger partial charge on any atom is -0.466 e. The predicted molar refractivity (Wildman–Crippen MR) is 61.5 cm³/mol. The summed E-state index contributed by atoms with van der Waals surface area (Å²) in [6.07, 6.45) is 1.16. The van der Waals surface area contributed by atoms with Crippen molar-refractivity contribution in [2.24, 2.45) is 0 Å². The summed E-state index contributed by atoms with van der Waals surface area (Å²) in [4.78, 5) is 15.0. The van der Waals surface area contributed by atoms with Crippen molar-refractivity contribution >= 4 is 34.7 Å². The van der Waals surface area contributed by atoms with Crippen LogP contribution >= 0.6 is 22.9 Å². The van der Waals surface area contributed by atoms with Gasteiger partial charge in [0.15, 0.2) is 4.47 Å². The van der Waals surface area contributed by atoms with E-state index in [4.69, 9.17) is 16.3 Å². The maximum Gasteiger partial charge on any atom is 0.305 e. The molecule has 0 saturated heterocycles. The fraction of sp³-hybridized carbons (Fsp3) is 0.556. The summed E-state index contributed by atoms with van der Waals surface area (Å²) in [5.41, 5.74) is 0. The monoisotopic (exact) mass is 248 g/mol. The highest BCUT2D eigenvalue weighted by Gasteiger charge is 2.01. The first kappa shape index (κ1) is 12.3. The fourth-order valence-corrected chi connectivity index (χ4v) is 1.74. The molecule has 0 aliphatic carbocycles. The van der Waals surface area contributed by atoms with Crippen molar-refractivity contribution in [3.05, 3.63) is 9.85 Å². The third-order valence-electron chi connectivity index (χ3n) is 1.65. The van der Waals surface area contributed by atoms with Crippen LogP contribution in [0.1, 0.15) is 19.8 Å². The van der Waals surface area contributed by atoms with Crippen LogP contribution < -0.4 is 5.32 Å². The Hall–Kier alpha value is -0.810. The number of carbonyl (C=O) groups is 1. The Labute approximate surface area is 97.6 Å². The highest BCUT2D eigenvalue weighted by Crippen LogP contribution is 2.18. The number of anilines is 1. The number of nitrogens with zero attached hydrogens (tertiary/aromatic N) is 1. The summed E-state index contributed by atoms with van der Waals surface area (Å²) in [5, 5.41) is 4.91. The molecule has 1 aromatic heterocycles. The third-order valence-corrected chi connectivity index (χ3v) is 2.62. The van der Waals surface area contributed by atoms with Gasteiger partial charge >= 0.3 is 5.97 Å². The first-order valence-corrected chi connectivity index (χ1v) is 5.98. The quantitative estimate of drug-likeness (QED) is 0.621. The first-order valence-electron chi connectivity index (χ1n) is 4.73. The van der Waals surface area contributed by atoms with Crippen LogP contribution in [0, 0.1) is 0 Å². The van der Waals surface area contributed by atoms with Gasteiger partial charge in [-0.25, -0.2) is 4.98 Å². The number of carbonyl (C=O) groups excluding carboxylic acids is 1. The van der Waals surface area contributed by atoms with Gasteiger partial charge in [0.1, 0.15) is 5.82 Å². The van der Waals surface area contributed by atoms with Gasteiger partial charge in [0, 0.05) is 18.3 Å². The summed E-state index contributed by atoms with van der Waals surface area (Å²) < 4.78 is 5.31. The average molecular weight is 249 g/mol. The van der Waals surface area contributed by atoms with Crippen molar-refractivity contribution in [2.45, 2.75) is 19.8 Å². The summed E-state index contributed by atoms with van der Waals surface area (Å²) in [5.74, 6) is 0.601. The molecule has 1 rings (SSSR count). The number of thiazole rings is 1. The van der Waals surface area contributed by atoms with Gasteiger partial charge in [-0.2, -0.15) is 0 Å². The van der Waals surface area contributed by atoms with E-state index >= 15 is 0 Å². The molecule has 15 heavy (non-hydrogen) atoms. The molecule has 0 aromatic carbocycles. The number of nitrogens with one attached hydrogen (secondary N) is 1. The fourth-order valence-electron chi connectivity index (χ4n) is 1.02. The second kappa shape index (κ2) is 6.63. The van der Waals surface area contributed by atoms with Crippen molar-refractivity contribution in [2.75, 3.05) is 18.5 Å². The highest BCUT2D eigenvalue weighted by molar-refractivity contribution is 7.14.